The highest BCUT2D eigenvalue weighted by Gasteiger charge is 2.16. The number of rotatable bonds is 5. The summed E-state index contributed by atoms with van der Waals surface area (Å²) in [6, 6.07) is 3.65. The van der Waals surface area contributed by atoms with Gasteiger partial charge in [0.2, 0.25) is 0 Å². The maximum Gasteiger partial charge on any atom is 0.143 e. The molecule has 0 N–H and O–H groups in total. The van der Waals surface area contributed by atoms with Crippen molar-refractivity contribution in [3.63, 3.8) is 0 Å². The van der Waals surface area contributed by atoms with Gasteiger partial charge in [-0.15, -0.1) is 5.10 Å². The first-order valence-electron chi connectivity index (χ1n) is 8.02. The average Bonchev–Trinajstić information content (AvgIpc) is 2.84. The van der Waals surface area contributed by atoms with Crippen LogP contribution in [0.3, 0.4) is 0 Å². The molecule has 0 radical (unpaired) electrons. The van der Waals surface area contributed by atoms with E-state index in [0.717, 1.165) is 34.2 Å². The maximum atomic E-state index is 13.9. The topological polar surface area (TPSA) is 30.7 Å². The van der Waals surface area contributed by atoms with Gasteiger partial charge in [-0.2, -0.15) is 5.10 Å². The van der Waals surface area contributed by atoms with Crippen LogP contribution in [-0.2, 0) is 12.3 Å². The van der Waals surface area contributed by atoms with Crippen molar-refractivity contribution in [2.45, 2.75) is 38.1 Å². The van der Waals surface area contributed by atoms with E-state index in [0.29, 0.717) is 11.3 Å². The minimum atomic E-state index is -0.570. The molecule has 0 bridgehead atoms. The summed E-state index contributed by atoms with van der Waals surface area (Å²) in [5.41, 5.74) is 3.79. The number of allylic oxidation sites excluding steroid dienone is 2. The van der Waals surface area contributed by atoms with Crippen molar-refractivity contribution in [3.8, 4) is 0 Å². The Morgan fingerprint density at radius 3 is 2.76 bits per heavy atom. The Morgan fingerprint density at radius 1 is 1.24 bits per heavy atom. The van der Waals surface area contributed by atoms with E-state index in [1.54, 1.807) is 6.20 Å². The van der Waals surface area contributed by atoms with Gasteiger partial charge in [-0.25, -0.2) is 8.78 Å². The second kappa shape index (κ2) is 7.35. The lowest BCUT2D eigenvalue weighted by Gasteiger charge is -2.08. The molecule has 0 unspecified atom stereocenters. The zero-order chi connectivity index (χ0) is 18.0. The Bertz CT molecular complexity index is 947. The van der Waals surface area contributed by atoms with Crippen LogP contribution in [0.4, 0.5) is 8.78 Å². The molecule has 130 valence electrons. The fraction of sp³-hybridized carbons (Fsp3) is 0.263. The number of aromatic nitrogens is 3. The van der Waals surface area contributed by atoms with Gasteiger partial charge in [0.1, 0.15) is 16.7 Å². The first kappa shape index (κ1) is 17.6. The SMILES string of the molecule is CC=CCn1c(C)c(C)c2cnnc(SCc3ccc(F)cc3F)c21. The molecule has 0 aliphatic carbocycles. The third-order valence-corrected chi connectivity index (χ3v) is 5.32. The molecule has 6 heteroatoms. The highest BCUT2D eigenvalue weighted by molar-refractivity contribution is 7.98. The summed E-state index contributed by atoms with van der Waals surface area (Å²) < 4.78 is 29.1. The van der Waals surface area contributed by atoms with Crippen molar-refractivity contribution in [3.05, 3.63) is 65.0 Å². The van der Waals surface area contributed by atoms with E-state index in [-0.39, 0.29) is 0 Å². The molecule has 0 atom stereocenters. The lowest BCUT2D eigenvalue weighted by Crippen LogP contribution is -2.00. The van der Waals surface area contributed by atoms with Gasteiger partial charge in [0.15, 0.2) is 0 Å². The molecule has 0 amide bonds. The highest BCUT2D eigenvalue weighted by atomic mass is 32.2. The van der Waals surface area contributed by atoms with Gasteiger partial charge < -0.3 is 4.57 Å². The molecule has 2 heterocycles. The molecule has 0 fully saturated rings. The van der Waals surface area contributed by atoms with Gasteiger partial charge in [-0.3, -0.25) is 0 Å². The van der Waals surface area contributed by atoms with Crippen molar-refractivity contribution in [2.75, 3.05) is 0 Å². The van der Waals surface area contributed by atoms with Crippen LogP contribution in [0, 0.1) is 25.5 Å². The number of benzene rings is 1. The molecule has 1 aromatic carbocycles. The predicted octanol–water partition coefficient (Wildman–Crippen LogP) is 5.19. The summed E-state index contributed by atoms with van der Waals surface area (Å²) in [5.74, 6) is -0.740. The number of fused-ring (bicyclic) bond motifs is 1. The molecular formula is C19H19F2N3S. The van der Waals surface area contributed by atoms with Crippen LogP contribution in [0.2, 0.25) is 0 Å². The highest BCUT2D eigenvalue weighted by Crippen LogP contribution is 2.33. The van der Waals surface area contributed by atoms with Crippen molar-refractivity contribution >= 4 is 22.7 Å². The van der Waals surface area contributed by atoms with Crippen LogP contribution in [-0.4, -0.2) is 14.8 Å². The zero-order valence-electron chi connectivity index (χ0n) is 14.4. The van der Waals surface area contributed by atoms with Gasteiger partial charge in [0.25, 0.3) is 0 Å². The third-order valence-electron chi connectivity index (χ3n) is 4.32. The van der Waals surface area contributed by atoms with Crippen LogP contribution in [0.15, 0.2) is 41.6 Å². The van der Waals surface area contributed by atoms with E-state index in [1.807, 2.05) is 13.0 Å². The lowest BCUT2D eigenvalue weighted by molar-refractivity contribution is 0.576. The molecule has 25 heavy (non-hydrogen) atoms. The van der Waals surface area contributed by atoms with E-state index in [9.17, 15) is 8.78 Å². The Hall–Kier alpha value is -2.21. The summed E-state index contributed by atoms with van der Waals surface area (Å²) >= 11 is 1.41. The average molecular weight is 359 g/mol. The van der Waals surface area contributed by atoms with Gasteiger partial charge in [0, 0.05) is 29.4 Å². The van der Waals surface area contributed by atoms with Crippen molar-refractivity contribution < 1.29 is 8.78 Å². The predicted molar refractivity (Wildman–Crippen MR) is 97.7 cm³/mol. The molecule has 0 saturated carbocycles. The van der Waals surface area contributed by atoms with Crippen molar-refractivity contribution in [1.82, 2.24) is 14.8 Å². The largest absolute Gasteiger partial charge is 0.339 e. The Kier molecular flexibility index (Phi) is 5.18. The van der Waals surface area contributed by atoms with Gasteiger partial charge in [0.05, 0.1) is 11.7 Å². The van der Waals surface area contributed by atoms with E-state index >= 15 is 0 Å². The monoisotopic (exact) mass is 359 g/mol. The second-order valence-electron chi connectivity index (χ2n) is 5.83. The molecular weight excluding hydrogens is 340 g/mol. The number of nitrogens with zero attached hydrogens (tertiary/aromatic N) is 3. The van der Waals surface area contributed by atoms with Crippen LogP contribution < -0.4 is 0 Å². The van der Waals surface area contributed by atoms with Gasteiger partial charge in [-0.05, 0) is 38.0 Å². The summed E-state index contributed by atoms with van der Waals surface area (Å²) in [4.78, 5) is 0. The molecule has 0 saturated heterocycles. The smallest absolute Gasteiger partial charge is 0.143 e. The summed E-state index contributed by atoms with van der Waals surface area (Å²) in [6.07, 6.45) is 5.86. The molecule has 3 aromatic rings. The molecule has 3 rings (SSSR count). The fourth-order valence-corrected chi connectivity index (χ4v) is 3.77. The van der Waals surface area contributed by atoms with Crippen LogP contribution in [0.5, 0.6) is 0 Å². The maximum absolute atomic E-state index is 13.9. The van der Waals surface area contributed by atoms with Crippen molar-refractivity contribution in [1.29, 1.82) is 0 Å². The zero-order valence-corrected chi connectivity index (χ0v) is 15.2. The molecule has 3 nitrogen and oxygen atoms in total. The summed E-state index contributed by atoms with van der Waals surface area (Å²) in [5, 5.41) is 10.2. The van der Waals surface area contributed by atoms with Crippen LogP contribution in [0.25, 0.3) is 10.9 Å². The minimum Gasteiger partial charge on any atom is -0.339 e. The number of hydrogen-bond acceptors (Lipinski definition) is 3. The standard InChI is InChI=1S/C19H19F2N3S/c1-4-5-8-24-13(3)12(2)16-10-22-23-19(18(16)24)25-11-14-6-7-15(20)9-17(14)21/h4-7,9-10H,8,11H2,1-3H3. The molecule has 0 spiro atoms. The third kappa shape index (κ3) is 3.44. The molecule has 0 aliphatic heterocycles. The van der Waals surface area contributed by atoms with E-state index < -0.39 is 11.6 Å². The van der Waals surface area contributed by atoms with E-state index in [2.05, 4.69) is 34.7 Å². The number of aryl methyl sites for hydroxylation is 1. The first-order valence-corrected chi connectivity index (χ1v) is 9.00. The quantitative estimate of drug-likeness (QED) is 0.464. The Balaban J connectivity index is 1.99. The second-order valence-corrected chi connectivity index (χ2v) is 6.79. The summed E-state index contributed by atoms with van der Waals surface area (Å²) in [6.45, 7) is 6.88. The minimum absolute atomic E-state index is 0.368. The normalized spacial score (nSPS) is 11.7. The molecule has 2 aromatic heterocycles. The van der Waals surface area contributed by atoms with Gasteiger partial charge >= 0.3 is 0 Å². The van der Waals surface area contributed by atoms with Crippen LogP contribution >= 0.6 is 11.8 Å². The first-order chi connectivity index (χ1) is 12.0. The Labute approximate surface area is 149 Å². The van der Waals surface area contributed by atoms with Crippen molar-refractivity contribution in [2.24, 2.45) is 0 Å². The number of hydrogen-bond donors (Lipinski definition) is 0. The lowest BCUT2D eigenvalue weighted by atomic mass is 10.2. The van der Waals surface area contributed by atoms with Gasteiger partial charge in [-0.1, -0.05) is 30.0 Å². The van der Waals surface area contributed by atoms with E-state index in [1.165, 1.54) is 29.5 Å². The number of halogens is 2. The number of thioether (sulfide) groups is 1. The van der Waals surface area contributed by atoms with Crippen LogP contribution in [0.1, 0.15) is 23.7 Å². The van der Waals surface area contributed by atoms with E-state index in [4.69, 9.17) is 0 Å². The summed E-state index contributed by atoms with van der Waals surface area (Å²) in [7, 11) is 0. The fourth-order valence-electron chi connectivity index (χ4n) is 2.78. The Morgan fingerprint density at radius 2 is 2.04 bits per heavy atom. The molecule has 0 aliphatic rings.